The Morgan fingerprint density at radius 1 is 1.10 bits per heavy atom. The molecule has 166 valence electrons. The van der Waals surface area contributed by atoms with E-state index in [9.17, 15) is 15.3 Å². The summed E-state index contributed by atoms with van der Waals surface area (Å²) in [5.41, 5.74) is 3.63. The van der Waals surface area contributed by atoms with Gasteiger partial charge in [0.1, 0.15) is 0 Å². The van der Waals surface area contributed by atoms with E-state index in [1.54, 1.807) is 0 Å². The van der Waals surface area contributed by atoms with E-state index in [0.29, 0.717) is 41.9 Å². The zero-order valence-electron chi connectivity index (χ0n) is 18.8. The van der Waals surface area contributed by atoms with Gasteiger partial charge in [-0.05, 0) is 91.6 Å². The van der Waals surface area contributed by atoms with E-state index in [2.05, 4.69) is 44.7 Å². The van der Waals surface area contributed by atoms with Crippen molar-refractivity contribution in [2.75, 3.05) is 0 Å². The molecule has 3 N–H and O–H groups in total. The molecule has 0 aliphatic heterocycles. The second-order valence-corrected chi connectivity index (χ2v) is 10.7. The predicted octanol–water partition coefficient (Wildman–Crippen LogP) is 5.09. The van der Waals surface area contributed by atoms with Gasteiger partial charge in [-0.3, -0.25) is 0 Å². The van der Waals surface area contributed by atoms with Crippen LogP contribution in [-0.2, 0) is 0 Å². The second kappa shape index (κ2) is 8.76. The van der Waals surface area contributed by atoms with Crippen LogP contribution in [0.3, 0.4) is 0 Å². The molecule has 0 aromatic rings. The third-order valence-corrected chi connectivity index (χ3v) is 8.65. The van der Waals surface area contributed by atoms with E-state index < -0.39 is 12.2 Å². The molecule has 0 amide bonds. The van der Waals surface area contributed by atoms with Crippen LogP contribution in [0.4, 0.5) is 0 Å². The first-order chi connectivity index (χ1) is 14.3. The van der Waals surface area contributed by atoms with Crippen molar-refractivity contribution in [3.8, 4) is 0 Å². The van der Waals surface area contributed by atoms with Crippen LogP contribution in [0.2, 0.25) is 0 Å². The van der Waals surface area contributed by atoms with Gasteiger partial charge in [-0.15, -0.1) is 0 Å². The third-order valence-electron chi connectivity index (χ3n) is 8.65. The van der Waals surface area contributed by atoms with Crippen LogP contribution in [-0.4, -0.2) is 33.6 Å². The number of hydrogen-bond acceptors (Lipinski definition) is 3. The number of allylic oxidation sites excluding steroid dienone is 4. The summed E-state index contributed by atoms with van der Waals surface area (Å²) in [4.78, 5) is 0. The molecule has 3 heteroatoms. The Kier molecular flexibility index (Phi) is 6.44. The predicted molar refractivity (Wildman–Crippen MR) is 122 cm³/mol. The maximum atomic E-state index is 10.2. The highest BCUT2D eigenvalue weighted by Gasteiger charge is 2.50. The summed E-state index contributed by atoms with van der Waals surface area (Å²) in [6, 6.07) is 0. The van der Waals surface area contributed by atoms with Gasteiger partial charge in [-0.25, -0.2) is 0 Å². The van der Waals surface area contributed by atoms with Crippen molar-refractivity contribution in [3.63, 3.8) is 0 Å². The maximum absolute atomic E-state index is 10.2. The molecular weight excluding hydrogens is 372 g/mol. The molecule has 0 heterocycles. The average Bonchev–Trinajstić information content (AvgIpc) is 3.49. The SMILES string of the molecule is C=C1/C(=C\C=C2/CCCC3(C)C2CCC3[C@H](C)/C=C/[C@H](O)C2CC2)C[C@@H](O)C[C@@H]1O. The standard InChI is InChI=1S/C27H40O3/c1-17(6-13-25(29)20-8-9-20)23-11-12-24-19(5-4-14-27(23,24)3)7-10-21-15-22(28)16-26(30)18(21)2/h6-7,10,13,17,20,22-26,28-30H,2,4-5,8-9,11-12,14-16H2,1,3H3/b13-6+,19-7+,21-10-/t17-,22-,23?,24?,25+,26+,27?/m1/s1. The third kappa shape index (κ3) is 4.40. The van der Waals surface area contributed by atoms with Gasteiger partial charge in [0.05, 0.1) is 18.3 Å². The Bertz CT molecular complexity index is 743. The minimum Gasteiger partial charge on any atom is -0.393 e. The lowest BCUT2D eigenvalue weighted by molar-refractivity contribution is 0.0862. The van der Waals surface area contributed by atoms with Crippen molar-refractivity contribution < 1.29 is 15.3 Å². The molecule has 0 aromatic heterocycles. The number of aliphatic hydroxyl groups excluding tert-OH is 3. The molecule has 0 spiro atoms. The van der Waals surface area contributed by atoms with Gasteiger partial charge >= 0.3 is 0 Å². The van der Waals surface area contributed by atoms with E-state index in [1.807, 2.05) is 0 Å². The molecule has 4 saturated carbocycles. The van der Waals surface area contributed by atoms with E-state index in [0.717, 1.165) is 17.6 Å². The first kappa shape index (κ1) is 22.0. The van der Waals surface area contributed by atoms with E-state index in [4.69, 9.17) is 0 Å². The lowest BCUT2D eigenvalue weighted by atomic mass is 9.61. The van der Waals surface area contributed by atoms with Crippen molar-refractivity contribution in [1.29, 1.82) is 0 Å². The summed E-state index contributed by atoms with van der Waals surface area (Å²) < 4.78 is 0. The molecule has 0 aromatic carbocycles. The van der Waals surface area contributed by atoms with Crippen LogP contribution in [0.1, 0.15) is 71.6 Å². The highest BCUT2D eigenvalue weighted by atomic mass is 16.3. The maximum Gasteiger partial charge on any atom is 0.0811 e. The molecule has 3 unspecified atom stereocenters. The number of aliphatic hydroxyl groups is 3. The van der Waals surface area contributed by atoms with Crippen LogP contribution in [0.15, 0.2) is 47.6 Å². The highest BCUT2D eigenvalue weighted by molar-refractivity contribution is 5.38. The molecule has 0 saturated heterocycles. The fraction of sp³-hybridized carbons (Fsp3) is 0.704. The van der Waals surface area contributed by atoms with Gasteiger partial charge in [0.2, 0.25) is 0 Å². The Morgan fingerprint density at radius 2 is 1.87 bits per heavy atom. The van der Waals surface area contributed by atoms with Gasteiger partial charge in [0.15, 0.2) is 0 Å². The summed E-state index contributed by atoms with van der Waals surface area (Å²) in [6.07, 6.45) is 16.9. The molecule has 0 bridgehead atoms. The van der Waals surface area contributed by atoms with Crippen molar-refractivity contribution in [2.24, 2.45) is 29.1 Å². The van der Waals surface area contributed by atoms with Gasteiger partial charge in [-0.2, -0.15) is 0 Å². The number of fused-ring (bicyclic) bond motifs is 1. The largest absolute Gasteiger partial charge is 0.393 e. The molecular formula is C27H40O3. The monoisotopic (exact) mass is 412 g/mol. The van der Waals surface area contributed by atoms with Crippen LogP contribution >= 0.6 is 0 Å². The van der Waals surface area contributed by atoms with Crippen LogP contribution in [0.5, 0.6) is 0 Å². The quantitative estimate of drug-likeness (QED) is 0.551. The topological polar surface area (TPSA) is 60.7 Å². The first-order valence-electron chi connectivity index (χ1n) is 12.1. The summed E-state index contributed by atoms with van der Waals surface area (Å²) in [7, 11) is 0. The minimum absolute atomic E-state index is 0.250. The highest BCUT2D eigenvalue weighted by Crippen LogP contribution is 2.59. The van der Waals surface area contributed by atoms with Crippen molar-refractivity contribution in [1.82, 2.24) is 0 Å². The molecule has 30 heavy (non-hydrogen) atoms. The average molecular weight is 413 g/mol. The smallest absolute Gasteiger partial charge is 0.0811 e. The zero-order chi connectivity index (χ0) is 21.5. The molecule has 4 aliphatic carbocycles. The van der Waals surface area contributed by atoms with Gasteiger partial charge < -0.3 is 15.3 Å². The number of rotatable bonds is 5. The lowest BCUT2D eigenvalue weighted by Gasteiger charge is -2.44. The second-order valence-electron chi connectivity index (χ2n) is 10.7. The summed E-state index contributed by atoms with van der Waals surface area (Å²) in [6.45, 7) is 8.88. The number of hydrogen-bond donors (Lipinski definition) is 3. The molecule has 4 fully saturated rings. The fourth-order valence-corrected chi connectivity index (χ4v) is 6.63. The summed E-state index contributed by atoms with van der Waals surface area (Å²) in [5.74, 6) is 2.28. The lowest BCUT2D eigenvalue weighted by Crippen LogP contribution is -2.35. The Labute approximate surface area is 182 Å². The van der Waals surface area contributed by atoms with Crippen molar-refractivity contribution in [2.45, 2.75) is 89.9 Å². The zero-order valence-corrected chi connectivity index (χ0v) is 18.8. The molecule has 4 rings (SSSR count). The first-order valence-corrected chi connectivity index (χ1v) is 12.1. The molecule has 7 atom stereocenters. The van der Waals surface area contributed by atoms with Crippen molar-refractivity contribution >= 4 is 0 Å². The molecule has 0 radical (unpaired) electrons. The van der Waals surface area contributed by atoms with E-state index in [-0.39, 0.29) is 6.10 Å². The Morgan fingerprint density at radius 3 is 2.60 bits per heavy atom. The van der Waals surface area contributed by atoms with Crippen LogP contribution < -0.4 is 0 Å². The van der Waals surface area contributed by atoms with Gasteiger partial charge in [0, 0.05) is 6.42 Å². The molecule has 3 nitrogen and oxygen atoms in total. The Hall–Kier alpha value is -1.16. The molecule has 4 aliphatic rings. The van der Waals surface area contributed by atoms with Gasteiger partial charge in [0.25, 0.3) is 0 Å². The van der Waals surface area contributed by atoms with E-state index in [1.165, 1.54) is 44.1 Å². The minimum atomic E-state index is -0.621. The fourth-order valence-electron chi connectivity index (χ4n) is 6.63. The van der Waals surface area contributed by atoms with Gasteiger partial charge in [-0.1, -0.05) is 50.3 Å². The van der Waals surface area contributed by atoms with Crippen molar-refractivity contribution in [3.05, 3.63) is 47.6 Å². The Balaban J connectivity index is 1.48. The normalized spacial score (nSPS) is 42.1. The van der Waals surface area contributed by atoms with E-state index >= 15 is 0 Å². The summed E-state index contributed by atoms with van der Waals surface area (Å²) >= 11 is 0. The summed E-state index contributed by atoms with van der Waals surface area (Å²) in [5, 5.41) is 30.4. The van der Waals surface area contributed by atoms with Crippen LogP contribution in [0.25, 0.3) is 0 Å². The van der Waals surface area contributed by atoms with Crippen LogP contribution in [0, 0.1) is 29.1 Å².